The molecule has 3 nitrogen and oxygen atoms in total. The normalized spacial score (nSPS) is 20.6. The topological polar surface area (TPSA) is 27.7 Å². The maximum atomic E-state index is 6.04. The minimum atomic E-state index is -0.406. The van der Waals surface area contributed by atoms with Gasteiger partial charge >= 0.3 is 7.12 Å². The molecule has 19 heavy (non-hydrogen) atoms. The molecule has 0 atom stereocenters. The maximum Gasteiger partial charge on any atom is 0.498 e. The molecule has 1 saturated heterocycles. The van der Waals surface area contributed by atoms with Crippen molar-refractivity contribution in [2.45, 2.75) is 38.9 Å². The molecule has 1 aromatic rings. The fourth-order valence-electron chi connectivity index (χ4n) is 1.93. The Morgan fingerprint density at radius 1 is 1.11 bits per heavy atom. The SMILES string of the molecule is CC1(C)OB(c2ccccc2OCCCl)OC1(C)C. The van der Waals surface area contributed by atoms with Crippen LogP contribution in [0.3, 0.4) is 0 Å². The summed E-state index contributed by atoms with van der Waals surface area (Å²) in [6.45, 7) is 8.62. The number of hydrogen-bond donors (Lipinski definition) is 0. The molecule has 0 aromatic heterocycles. The number of hydrogen-bond acceptors (Lipinski definition) is 3. The standard InChI is InChI=1S/C14H20BClO3/c1-13(2)14(3,4)19-15(18-13)11-7-5-6-8-12(11)17-10-9-16/h5-8H,9-10H2,1-4H3. The van der Waals surface area contributed by atoms with E-state index in [1.807, 2.05) is 52.0 Å². The summed E-state index contributed by atoms with van der Waals surface area (Å²) >= 11 is 5.67. The van der Waals surface area contributed by atoms with E-state index in [-0.39, 0.29) is 11.2 Å². The lowest BCUT2D eigenvalue weighted by molar-refractivity contribution is 0.00578. The molecule has 1 fully saturated rings. The van der Waals surface area contributed by atoms with Crippen molar-refractivity contribution in [3.63, 3.8) is 0 Å². The van der Waals surface area contributed by atoms with Crippen LogP contribution in [-0.4, -0.2) is 30.8 Å². The Bertz CT molecular complexity index is 432. The van der Waals surface area contributed by atoms with E-state index in [0.717, 1.165) is 11.2 Å². The fraction of sp³-hybridized carbons (Fsp3) is 0.571. The number of benzene rings is 1. The maximum absolute atomic E-state index is 6.04. The Hall–Kier alpha value is -0.705. The largest absolute Gasteiger partial charge is 0.498 e. The highest BCUT2D eigenvalue weighted by Gasteiger charge is 2.52. The third-order valence-corrected chi connectivity index (χ3v) is 3.92. The monoisotopic (exact) mass is 282 g/mol. The van der Waals surface area contributed by atoms with Crippen molar-refractivity contribution in [3.05, 3.63) is 24.3 Å². The zero-order valence-corrected chi connectivity index (χ0v) is 12.7. The van der Waals surface area contributed by atoms with Crippen LogP contribution >= 0.6 is 11.6 Å². The molecule has 1 aliphatic rings. The van der Waals surface area contributed by atoms with Crippen LogP contribution in [0.2, 0.25) is 0 Å². The summed E-state index contributed by atoms with van der Waals surface area (Å²) in [4.78, 5) is 0. The van der Waals surface area contributed by atoms with Gasteiger partial charge in [-0.2, -0.15) is 0 Å². The number of rotatable bonds is 4. The second-order valence-electron chi connectivity index (χ2n) is 5.66. The fourth-order valence-corrected chi connectivity index (χ4v) is 2.00. The molecule has 0 amide bonds. The summed E-state index contributed by atoms with van der Waals surface area (Å²) in [5, 5.41) is 0. The Balaban J connectivity index is 2.24. The molecule has 1 aromatic carbocycles. The summed E-state index contributed by atoms with van der Waals surface area (Å²) in [5.74, 6) is 1.22. The van der Waals surface area contributed by atoms with Gasteiger partial charge in [-0.1, -0.05) is 18.2 Å². The first kappa shape index (κ1) is 14.7. The van der Waals surface area contributed by atoms with E-state index in [1.165, 1.54) is 0 Å². The van der Waals surface area contributed by atoms with Gasteiger partial charge in [0.15, 0.2) is 0 Å². The van der Waals surface area contributed by atoms with Gasteiger partial charge in [0.05, 0.1) is 17.1 Å². The van der Waals surface area contributed by atoms with Gasteiger partial charge in [0.2, 0.25) is 0 Å². The Morgan fingerprint density at radius 2 is 1.68 bits per heavy atom. The summed E-state index contributed by atoms with van der Waals surface area (Å²) in [7, 11) is -0.406. The van der Waals surface area contributed by atoms with Crippen molar-refractivity contribution >= 4 is 24.2 Å². The summed E-state index contributed by atoms with van der Waals surface area (Å²) in [6.07, 6.45) is 0. The van der Waals surface area contributed by atoms with Crippen LogP contribution in [0, 0.1) is 0 Å². The molecular formula is C14H20BClO3. The molecule has 1 heterocycles. The zero-order valence-electron chi connectivity index (χ0n) is 11.9. The highest BCUT2D eigenvalue weighted by atomic mass is 35.5. The highest BCUT2D eigenvalue weighted by molar-refractivity contribution is 6.63. The first-order valence-electron chi connectivity index (χ1n) is 6.51. The molecule has 5 heteroatoms. The van der Waals surface area contributed by atoms with Crippen LogP contribution in [0.4, 0.5) is 0 Å². The van der Waals surface area contributed by atoms with E-state index < -0.39 is 7.12 Å². The van der Waals surface area contributed by atoms with E-state index in [4.69, 9.17) is 25.6 Å². The van der Waals surface area contributed by atoms with E-state index in [9.17, 15) is 0 Å². The van der Waals surface area contributed by atoms with Crippen LogP contribution in [-0.2, 0) is 9.31 Å². The van der Waals surface area contributed by atoms with E-state index in [1.54, 1.807) is 0 Å². The van der Waals surface area contributed by atoms with Gasteiger partial charge < -0.3 is 14.0 Å². The molecule has 104 valence electrons. The average Bonchev–Trinajstić information content (AvgIpc) is 2.56. The second kappa shape index (κ2) is 5.35. The molecule has 0 spiro atoms. The van der Waals surface area contributed by atoms with E-state index in [0.29, 0.717) is 12.5 Å². The van der Waals surface area contributed by atoms with Crippen molar-refractivity contribution in [1.82, 2.24) is 0 Å². The molecule has 0 aliphatic carbocycles. The van der Waals surface area contributed by atoms with Gasteiger partial charge in [0.25, 0.3) is 0 Å². The Kier molecular flexibility index (Phi) is 4.14. The van der Waals surface area contributed by atoms with E-state index in [2.05, 4.69) is 0 Å². The van der Waals surface area contributed by atoms with Crippen molar-refractivity contribution in [3.8, 4) is 5.75 Å². The molecule has 1 aliphatic heterocycles. The minimum absolute atomic E-state index is 0.350. The molecule has 0 unspecified atom stereocenters. The quantitative estimate of drug-likeness (QED) is 0.627. The van der Waals surface area contributed by atoms with E-state index >= 15 is 0 Å². The van der Waals surface area contributed by atoms with Gasteiger partial charge in [-0.3, -0.25) is 0 Å². The molecule has 0 radical (unpaired) electrons. The number of ether oxygens (including phenoxy) is 1. The smallest absolute Gasteiger partial charge is 0.493 e. The lowest BCUT2D eigenvalue weighted by Gasteiger charge is -2.32. The summed E-state index contributed by atoms with van der Waals surface area (Å²) in [6, 6.07) is 7.75. The molecular weight excluding hydrogens is 262 g/mol. The average molecular weight is 283 g/mol. The van der Waals surface area contributed by atoms with Crippen molar-refractivity contribution in [1.29, 1.82) is 0 Å². The lowest BCUT2D eigenvalue weighted by Crippen LogP contribution is -2.41. The summed E-state index contributed by atoms with van der Waals surface area (Å²) in [5.41, 5.74) is 0.209. The minimum Gasteiger partial charge on any atom is -0.493 e. The molecule has 2 rings (SSSR count). The van der Waals surface area contributed by atoms with Crippen LogP contribution in [0.1, 0.15) is 27.7 Å². The Morgan fingerprint density at radius 3 is 2.26 bits per heavy atom. The predicted octanol–water partition coefficient (Wildman–Crippen LogP) is 2.60. The number of para-hydroxylation sites is 1. The molecule has 0 bridgehead atoms. The van der Waals surface area contributed by atoms with Crippen LogP contribution in [0.5, 0.6) is 5.75 Å². The van der Waals surface area contributed by atoms with Crippen molar-refractivity contribution < 1.29 is 14.0 Å². The van der Waals surface area contributed by atoms with Crippen LogP contribution in [0.15, 0.2) is 24.3 Å². The van der Waals surface area contributed by atoms with Crippen molar-refractivity contribution in [2.24, 2.45) is 0 Å². The predicted molar refractivity (Wildman–Crippen MR) is 78.4 cm³/mol. The van der Waals surface area contributed by atoms with Gasteiger partial charge in [0, 0.05) is 5.46 Å². The molecule has 0 saturated carbocycles. The van der Waals surface area contributed by atoms with Gasteiger partial charge in [0.1, 0.15) is 12.4 Å². The third kappa shape index (κ3) is 2.91. The summed E-state index contributed by atoms with van der Waals surface area (Å²) < 4.78 is 17.7. The highest BCUT2D eigenvalue weighted by Crippen LogP contribution is 2.37. The van der Waals surface area contributed by atoms with Crippen molar-refractivity contribution in [2.75, 3.05) is 12.5 Å². The zero-order chi connectivity index (χ0) is 14.1. The lowest BCUT2D eigenvalue weighted by atomic mass is 9.78. The van der Waals surface area contributed by atoms with Crippen LogP contribution in [0.25, 0.3) is 0 Å². The first-order chi connectivity index (χ1) is 8.87. The molecule has 0 N–H and O–H groups in total. The van der Waals surface area contributed by atoms with Crippen LogP contribution < -0.4 is 10.2 Å². The third-order valence-electron chi connectivity index (χ3n) is 3.76. The number of alkyl halides is 1. The van der Waals surface area contributed by atoms with Gasteiger partial charge in [-0.15, -0.1) is 11.6 Å². The number of halogens is 1. The van der Waals surface area contributed by atoms with Gasteiger partial charge in [-0.05, 0) is 33.8 Å². The first-order valence-corrected chi connectivity index (χ1v) is 7.04. The second-order valence-corrected chi connectivity index (χ2v) is 6.04. The Labute approximate surface area is 120 Å². The van der Waals surface area contributed by atoms with Gasteiger partial charge in [-0.25, -0.2) is 0 Å².